The van der Waals surface area contributed by atoms with Crippen LogP contribution in [0, 0.1) is 13.8 Å². The number of fused-ring (bicyclic) bond motifs is 4. The van der Waals surface area contributed by atoms with Crippen molar-refractivity contribution in [3.05, 3.63) is 90.9 Å². The second-order valence-corrected chi connectivity index (χ2v) is 11.5. The number of aromatic nitrogens is 2. The highest BCUT2D eigenvalue weighted by Crippen LogP contribution is 2.41. The molecule has 0 fully saturated rings. The summed E-state index contributed by atoms with van der Waals surface area (Å²) in [6.45, 7) is 10.7. The van der Waals surface area contributed by atoms with Gasteiger partial charge >= 0.3 is 0 Å². The van der Waals surface area contributed by atoms with Crippen molar-refractivity contribution in [3.63, 3.8) is 0 Å². The number of carbonyl (C=O) groups excluding carboxylic acids is 1. The number of nitrogens with zero attached hydrogens (tertiary/aromatic N) is 5. The molecule has 2 aliphatic rings. The molecular formula is C35H38N7O3+. The molecule has 0 spiro atoms. The van der Waals surface area contributed by atoms with Gasteiger partial charge in [-0.25, -0.2) is 9.97 Å². The molecule has 0 saturated heterocycles. The minimum atomic E-state index is 0.0220. The molecule has 10 nitrogen and oxygen atoms in total. The van der Waals surface area contributed by atoms with Crippen molar-refractivity contribution in [3.8, 4) is 17.2 Å². The number of ether oxygens (including phenoxy) is 2. The Kier molecular flexibility index (Phi) is 8.48. The van der Waals surface area contributed by atoms with E-state index in [1.54, 1.807) is 18.6 Å². The summed E-state index contributed by atoms with van der Waals surface area (Å²) in [7, 11) is 3.96. The number of anilines is 3. The Balaban J connectivity index is 1.23. The minimum Gasteiger partial charge on any atom is -0.475 e. The molecule has 230 valence electrons. The lowest BCUT2D eigenvalue weighted by atomic mass is 10.1. The molecule has 0 bridgehead atoms. The normalized spacial score (nSPS) is 14.3. The summed E-state index contributed by atoms with van der Waals surface area (Å²) in [6.07, 6.45) is 6.78. The van der Waals surface area contributed by atoms with Gasteiger partial charge in [0.05, 0.1) is 17.4 Å². The summed E-state index contributed by atoms with van der Waals surface area (Å²) in [6, 6.07) is 15.9. The summed E-state index contributed by atoms with van der Waals surface area (Å²) < 4.78 is 14.8. The number of amides is 1. The molecule has 3 aromatic carbocycles. The molecule has 0 radical (unpaired) electrons. The van der Waals surface area contributed by atoms with Gasteiger partial charge in [-0.3, -0.25) is 4.79 Å². The zero-order valence-electron chi connectivity index (χ0n) is 26.1. The van der Waals surface area contributed by atoms with Crippen molar-refractivity contribution in [1.29, 1.82) is 0 Å². The Morgan fingerprint density at radius 2 is 2.00 bits per heavy atom. The SMILES string of the molecule is C=CNc1ccc(Oc2ccc(Nc3ncnc4ccc5c(c34)OCC3=[N+]5CCN(C(=O)/C=C/CN(C)C)C3)cc2C)cc1C. The molecule has 10 heteroatoms. The van der Waals surface area contributed by atoms with E-state index in [1.807, 2.05) is 92.3 Å². The van der Waals surface area contributed by atoms with Gasteiger partial charge in [0.15, 0.2) is 13.2 Å². The van der Waals surface area contributed by atoms with Gasteiger partial charge in [0, 0.05) is 30.1 Å². The number of aryl methyl sites for hydroxylation is 2. The molecule has 0 aliphatic carbocycles. The highest BCUT2D eigenvalue weighted by molar-refractivity contribution is 6.01. The highest BCUT2D eigenvalue weighted by Gasteiger charge is 2.36. The topological polar surface area (TPSA) is 94.9 Å². The molecule has 4 aromatic rings. The van der Waals surface area contributed by atoms with Crippen LogP contribution in [0.1, 0.15) is 11.1 Å². The van der Waals surface area contributed by atoms with Crippen LogP contribution in [0.25, 0.3) is 10.9 Å². The first-order valence-electron chi connectivity index (χ1n) is 15.0. The molecule has 2 N–H and O–H groups in total. The molecule has 6 rings (SSSR count). The molecule has 45 heavy (non-hydrogen) atoms. The van der Waals surface area contributed by atoms with E-state index < -0.39 is 0 Å². The second kappa shape index (κ2) is 12.8. The first-order valence-corrected chi connectivity index (χ1v) is 15.0. The van der Waals surface area contributed by atoms with E-state index >= 15 is 0 Å². The molecule has 1 amide bonds. The average Bonchev–Trinajstić information content (AvgIpc) is 3.03. The van der Waals surface area contributed by atoms with Crippen LogP contribution in [-0.4, -0.2) is 82.8 Å². The van der Waals surface area contributed by atoms with Crippen molar-refractivity contribution in [2.45, 2.75) is 13.8 Å². The Bertz CT molecular complexity index is 1850. The summed E-state index contributed by atoms with van der Waals surface area (Å²) in [5, 5.41) is 7.44. The maximum absolute atomic E-state index is 12.8. The number of hydrogen-bond acceptors (Lipinski definition) is 8. The fourth-order valence-electron chi connectivity index (χ4n) is 5.63. The van der Waals surface area contributed by atoms with E-state index in [0.29, 0.717) is 32.1 Å². The van der Waals surface area contributed by atoms with Crippen LogP contribution in [0.4, 0.5) is 22.9 Å². The van der Waals surface area contributed by atoms with Crippen LogP contribution in [-0.2, 0) is 4.79 Å². The molecule has 0 atom stereocenters. The van der Waals surface area contributed by atoms with Gasteiger partial charge < -0.3 is 29.9 Å². The number of hydrogen-bond donors (Lipinski definition) is 2. The lowest BCUT2D eigenvalue weighted by molar-refractivity contribution is -0.453. The fraction of sp³-hybridized carbons (Fsp3) is 0.257. The summed E-state index contributed by atoms with van der Waals surface area (Å²) >= 11 is 0. The van der Waals surface area contributed by atoms with Crippen molar-refractivity contribution in [2.75, 3.05) is 57.5 Å². The van der Waals surface area contributed by atoms with Crippen LogP contribution in [0.3, 0.4) is 0 Å². The molecular weight excluding hydrogens is 566 g/mol. The molecule has 0 saturated carbocycles. The maximum Gasteiger partial charge on any atom is 0.248 e. The van der Waals surface area contributed by atoms with Crippen LogP contribution >= 0.6 is 0 Å². The number of carbonyl (C=O) groups is 1. The van der Waals surface area contributed by atoms with E-state index in [1.165, 1.54) is 0 Å². The molecule has 1 aromatic heterocycles. The standard InChI is InChI=1S/C35H38N7O3/c1-6-36-28-11-10-27(19-23(28)2)45-31-14-9-25(18-24(31)3)39-35-33-29(37-22-38-35)12-13-30-34(33)44-21-26-20-41(16-17-42(26)30)32(43)8-7-15-40(4)5/h6-14,18-19,22,36H,1,15-17,20-21H2,2-5H3,(H,37,38,39)/q+1/b8-7+. The fourth-order valence-corrected chi connectivity index (χ4v) is 5.63. The van der Waals surface area contributed by atoms with Crippen LogP contribution < -0.4 is 20.1 Å². The van der Waals surface area contributed by atoms with Crippen LogP contribution in [0.15, 0.2) is 79.8 Å². The van der Waals surface area contributed by atoms with E-state index in [4.69, 9.17) is 9.47 Å². The third-order valence-corrected chi connectivity index (χ3v) is 7.92. The summed E-state index contributed by atoms with van der Waals surface area (Å²) in [4.78, 5) is 25.8. The van der Waals surface area contributed by atoms with Crippen molar-refractivity contribution in [1.82, 2.24) is 19.8 Å². The van der Waals surface area contributed by atoms with Gasteiger partial charge in [0.1, 0.15) is 30.2 Å². The van der Waals surface area contributed by atoms with Gasteiger partial charge in [-0.1, -0.05) is 12.7 Å². The quantitative estimate of drug-likeness (QED) is 0.184. The second-order valence-electron chi connectivity index (χ2n) is 11.5. The third kappa shape index (κ3) is 6.37. The average molecular weight is 605 g/mol. The van der Waals surface area contributed by atoms with Gasteiger partial charge in [-0.15, -0.1) is 0 Å². The lowest BCUT2D eigenvalue weighted by Crippen LogP contribution is -2.48. The van der Waals surface area contributed by atoms with Crippen molar-refractivity contribution < 1.29 is 18.8 Å². The Morgan fingerprint density at radius 3 is 2.78 bits per heavy atom. The number of likely N-dealkylation sites (N-methyl/N-ethyl adjacent to an activating group) is 1. The first kappa shape index (κ1) is 29.8. The number of rotatable bonds is 9. The van der Waals surface area contributed by atoms with E-state index in [9.17, 15) is 4.79 Å². The van der Waals surface area contributed by atoms with Gasteiger partial charge in [0.25, 0.3) is 0 Å². The summed E-state index contributed by atoms with van der Waals surface area (Å²) in [5.41, 5.74) is 6.71. The van der Waals surface area contributed by atoms with Crippen molar-refractivity contribution in [2.24, 2.45) is 0 Å². The number of benzene rings is 3. The zero-order chi connectivity index (χ0) is 31.5. The first-order chi connectivity index (χ1) is 21.8. The van der Waals surface area contributed by atoms with Gasteiger partial charge in [0.2, 0.25) is 23.1 Å². The van der Waals surface area contributed by atoms with E-state index in [0.717, 1.165) is 68.6 Å². The van der Waals surface area contributed by atoms with E-state index in [2.05, 4.69) is 31.8 Å². The Hall–Kier alpha value is -5.22. The lowest BCUT2D eigenvalue weighted by Gasteiger charge is -2.29. The smallest absolute Gasteiger partial charge is 0.248 e. The summed E-state index contributed by atoms with van der Waals surface area (Å²) in [5.74, 6) is 2.96. The van der Waals surface area contributed by atoms with Crippen LogP contribution in [0.5, 0.6) is 17.2 Å². The minimum absolute atomic E-state index is 0.0220. The molecule has 3 heterocycles. The highest BCUT2D eigenvalue weighted by atomic mass is 16.5. The van der Waals surface area contributed by atoms with Gasteiger partial charge in [-0.05, 0) is 87.7 Å². The van der Waals surface area contributed by atoms with Gasteiger partial charge in [-0.2, -0.15) is 4.58 Å². The predicted molar refractivity (Wildman–Crippen MR) is 179 cm³/mol. The zero-order valence-corrected chi connectivity index (χ0v) is 26.1. The molecule has 0 unspecified atom stereocenters. The third-order valence-electron chi connectivity index (χ3n) is 7.92. The predicted octanol–water partition coefficient (Wildman–Crippen LogP) is 5.78. The Morgan fingerprint density at radius 1 is 1.13 bits per heavy atom. The maximum atomic E-state index is 12.8. The Labute approximate surface area is 263 Å². The largest absolute Gasteiger partial charge is 0.475 e. The van der Waals surface area contributed by atoms with E-state index in [-0.39, 0.29) is 5.91 Å². The van der Waals surface area contributed by atoms with Crippen LogP contribution in [0.2, 0.25) is 0 Å². The molecule has 2 aliphatic heterocycles. The number of nitrogens with one attached hydrogen (secondary N) is 2. The monoisotopic (exact) mass is 604 g/mol. The van der Waals surface area contributed by atoms with Crippen molar-refractivity contribution >= 4 is 45.4 Å².